The maximum absolute atomic E-state index is 12.5. The number of hydrogen-bond acceptors (Lipinski definition) is 5. The van der Waals surface area contributed by atoms with Crippen molar-refractivity contribution in [3.8, 4) is 0 Å². The molecule has 138 valence electrons. The average Bonchev–Trinajstić information content (AvgIpc) is 3.19. The van der Waals surface area contributed by atoms with E-state index < -0.39 is 0 Å². The van der Waals surface area contributed by atoms with Gasteiger partial charge in [0.2, 0.25) is 0 Å². The summed E-state index contributed by atoms with van der Waals surface area (Å²) in [6.07, 6.45) is 5.45. The van der Waals surface area contributed by atoms with Crippen molar-refractivity contribution in [2.45, 2.75) is 52.1 Å². The van der Waals surface area contributed by atoms with Gasteiger partial charge in [-0.05, 0) is 62.7 Å². The minimum absolute atomic E-state index is 0.224. The van der Waals surface area contributed by atoms with Gasteiger partial charge < -0.3 is 20.1 Å². The molecule has 25 heavy (non-hydrogen) atoms. The quantitative estimate of drug-likeness (QED) is 0.600. The van der Waals surface area contributed by atoms with Crippen LogP contribution in [0.4, 0.5) is 5.00 Å². The highest BCUT2D eigenvalue weighted by Crippen LogP contribution is 2.40. The monoisotopic (exact) mass is 382 g/mol. The molecule has 2 heterocycles. The standard InChI is InChI=1S/C18H26N2O3S2/c1-3-22-17(21)15-13-7-6-11(2)9-14(13)25-16(15)20-18(24)19-10-12-5-4-8-23-12/h11-12H,3-10H2,1-2H3,(H2,19,20,24)/t11-,12-/m0/s1. The maximum Gasteiger partial charge on any atom is 0.341 e. The second-order valence-electron chi connectivity index (χ2n) is 6.75. The third-order valence-corrected chi connectivity index (χ3v) is 6.15. The third-order valence-electron chi connectivity index (χ3n) is 4.73. The predicted octanol–water partition coefficient (Wildman–Crippen LogP) is 3.52. The van der Waals surface area contributed by atoms with E-state index >= 15 is 0 Å². The first-order valence-corrected chi connectivity index (χ1v) is 10.3. The van der Waals surface area contributed by atoms with E-state index in [0.717, 1.165) is 49.3 Å². The van der Waals surface area contributed by atoms with Gasteiger partial charge in [-0.25, -0.2) is 4.79 Å². The predicted molar refractivity (Wildman–Crippen MR) is 105 cm³/mol. The van der Waals surface area contributed by atoms with Crippen molar-refractivity contribution in [2.75, 3.05) is 25.1 Å². The Hall–Kier alpha value is -1.18. The molecule has 2 N–H and O–H groups in total. The molecule has 0 bridgehead atoms. The molecule has 2 aliphatic rings. The van der Waals surface area contributed by atoms with Crippen LogP contribution in [0.5, 0.6) is 0 Å². The fraction of sp³-hybridized carbons (Fsp3) is 0.667. The molecule has 1 aliphatic heterocycles. The summed E-state index contributed by atoms with van der Waals surface area (Å²) in [6.45, 7) is 5.99. The summed E-state index contributed by atoms with van der Waals surface area (Å²) in [5, 5.41) is 7.78. The minimum atomic E-state index is -0.251. The lowest BCUT2D eigenvalue weighted by atomic mass is 9.88. The van der Waals surface area contributed by atoms with Crippen LogP contribution in [0.1, 0.15) is 53.9 Å². The molecular weight excluding hydrogens is 356 g/mol. The van der Waals surface area contributed by atoms with Crippen LogP contribution < -0.4 is 10.6 Å². The summed E-state index contributed by atoms with van der Waals surface area (Å²) >= 11 is 7.06. The first-order valence-electron chi connectivity index (χ1n) is 9.06. The van der Waals surface area contributed by atoms with Crippen molar-refractivity contribution in [3.63, 3.8) is 0 Å². The number of ether oxygens (including phenoxy) is 2. The highest BCUT2D eigenvalue weighted by molar-refractivity contribution is 7.80. The summed E-state index contributed by atoms with van der Waals surface area (Å²) in [5.74, 6) is 0.401. The molecule has 3 rings (SSSR count). The summed E-state index contributed by atoms with van der Waals surface area (Å²) in [5.41, 5.74) is 1.82. The van der Waals surface area contributed by atoms with Crippen LogP contribution in [-0.2, 0) is 22.3 Å². The number of thiocarbonyl (C=S) groups is 1. The smallest absolute Gasteiger partial charge is 0.341 e. The fourth-order valence-corrected chi connectivity index (χ4v) is 5.07. The SMILES string of the molecule is CCOC(=O)c1c(NC(=S)NC[C@@H]2CCCO2)sc2c1CC[C@H](C)C2. The fourth-order valence-electron chi connectivity index (χ4n) is 3.42. The van der Waals surface area contributed by atoms with Crippen LogP contribution in [0, 0.1) is 5.92 Å². The Bertz CT molecular complexity index is 639. The largest absolute Gasteiger partial charge is 0.462 e. The van der Waals surface area contributed by atoms with Crippen LogP contribution in [0.2, 0.25) is 0 Å². The topological polar surface area (TPSA) is 59.6 Å². The molecule has 0 amide bonds. The zero-order chi connectivity index (χ0) is 17.8. The van der Waals surface area contributed by atoms with Crippen molar-refractivity contribution >= 4 is 39.6 Å². The van der Waals surface area contributed by atoms with Crippen molar-refractivity contribution in [1.29, 1.82) is 0 Å². The zero-order valence-corrected chi connectivity index (χ0v) is 16.5. The van der Waals surface area contributed by atoms with E-state index in [9.17, 15) is 4.79 Å². The Morgan fingerprint density at radius 1 is 1.44 bits per heavy atom. The van der Waals surface area contributed by atoms with Gasteiger partial charge in [0.15, 0.2) is 5.11 Å². The Morgan fingerprint density at radius 3 is 3.00 bits per heavy atom. The maximum atomic E-state index is 12.5. The summed E-state index contributed by atoms with van der Waals surface area (Å²) in [6, 6.07) is 0. The molecule has 0 saturated carbocycles. The summed E-state index contributed by atoms with van der Waals surface area (Å²) < 4.78 is 10.9. The van der Waals surface area contributed by atoms with Gasteiger partial charge in [0.05, 0.1) is 18.3 Å². The number of anilines is 1. The van der Waals surface area contributed by atoms with Crippen molar-refractivity contribution in [3.05, 3.63) is 16.0 Å². The first kappa shape index (κ1) is 18.6. The lowest BCUT2D eigenvalue weighted by Crippen LogP contribution is -2.35. The molecule has 0 aromatic carbocycles. The number of nitrogens with one attached hydrogen (secondary N) is 2. The molecular formula is C18H26N2O3S2. The van der Waals surface area contributed by atoms with Gasteiger partial charge in [-0.2, -0.15) is 0 Å². The minimum Gasteiger partial charge on any atom is -0.462 e. The second-order valence-corrected chi connectivity index (χ2v) is 8.26. The number of thiophene rings is 1. The molecule has 1 aliphatic carbocycles. The van der Waals surface area contributed by atoms with E-state index in [4.69, 9.17) is 21.7 Å². The lowest BCUT2D eigenvalue weighted by molar-refractivity contribution is 0.0526. The van der Waals surface area contributed by atoms with Crippen LogP contribution in [0.3, 0.4) is 0 Å². The van der Waals surface area contributed by atoms with Crippen LogP contribution in [-0.4, -0.2) is 36.9 Å². The van der Waals surface area contributed by atoms with Gasteiger partial charge >= 0.3 is 5.97 Å². The van der Waals surface area contributed by atoms with Gasteiger partial charge in [-0.1, -0.05) is 6.92 Å². The van der Waals surface area contributed by atoms with E-state index in [2.05, 4.69) is 17.6 Å². The Morgan fingerprint density at radius 2 is 2.28 bits per heavy atom. The van der Waals surface area contributed by atoms with Gasteiger partial charge in [0.25, 0.3) is 0 Å². The number of carbonyl (C=O) groups is 1. The van der Waals surface area contributed by atoms with Crippen LogP contribution in [0.15, 0.2) is 0 Å². The number of rotatable bonds is 5. The first-order chi connectivity index (χ1) is 12.1. The second kappa shape index (κ2) is 8.47. The van der Waals surface area contributed by atoms with Crippen molar-refractivity contribution in [1.82, 2.24) is 5.32 Å². The van der Waals surface area contributed by atoms with E-state index in [1.165, 1.54) is 4.88 Å². The number of hydrogen-bond donors (Lipinski definition) is 2. The van der Waals surface area contributed by atoms with Crippen molar-refractivity contribution < 1.29 is 14.3 Å². The lowest BCUT2D eigenvalue weighted by Gasteiger charge is -2.18. The summed E-state index contributed by atoms with van der Waals surface area (Å²) in [7, 11) is 0. The molecule has 7 heteroatoms. The average molecular weight is 383 g/mol. The molecule has 1 aromatic heterocycles. The van der Waals surface area contributed by atoms with Crippen LogP contribution in [0.25, 0.3) is 0 Å². The van der Waals surface area contributed by atoms with Gasteiger partial charge in [-0.3, -0.25) is 0 Å². The van der Waals surface area contributed by atoms with Gasteiger partial charge in [0, 0.05) is 18.0 Å². The van der Waals surface area contributed by atoms with E-state index in [1.807, 2.05) is 6.92 Å². The third kappa shape index (κ3) is 4.51. The number of esters is 1. The molecule has 0 unspecified atom stereocenters. The summed E-state index contributed by atoms with van der Waals surface area (Å²) in [4.78, 5) is 13.8. The Labute approximate surface area is 158 Å². The van der Waals surface area contributed by atoms with E-state index in [-0.39, 0.29) is 12.1 Å². The molecule has 1 aromatic rings. The number of carbonyl (C=O) groups excluding carboxylic acids is 1. The highest BCUT2D eigenvalue weighted by atomic mass is 32.1. The number of fused-ring (bicyclic) bond motifs is 1. The molecule has 0 radical (unpaired) electrons. The Balaban J connectivity index is 1.72. The molecule has 1 fully saturated rings. The Kier molecular flexibility index (Phi) is 6.30. The van der Waals surface area contributed by atoms with Gasteiger partial charge in [0.1, 0.15) is 5.00 Å². The van der Waals surface area contributed by atoms with Crippen molar-refractivity contribution in [2.24, 2.45) is 5.92 Å². The van der Waals surface area contributed by atoms with Gasteiger partial charge in [-0.15, -0.1) is 11.3 Å². The molecule has 1 saturated heterocycles. The van der Waals surface area contributed by atoms with Crippen LogP contribution >= 0.6 is 23.6 Å². The molecule has 2 atom stereocenters. The normalized spacial score (nSPS) is 22.3. The highest BCUT2D eigenvalue weighted by Gasteiger charge is 2.28. The van der Waals surface area contributed by atoms with E-state index in [1.54, 1.807) is 11.3 Å². The molecule has 5 nitrogen and oxygen atoms in total. The van der Waals surface area contributed by atoms with E-state index in [0.29, 0.717) is 29.7 Å². The molecule has 0 spiro atoms. The zero-order valence-electron chi connectivity index (χ0n) is 14.9.